The Kier molecular flexibility index (Phi) is 4.07. The van der Waals surface area contributed by atoms with E-state index < -0.39 is 8.32 Å². The lowest BCUT2D eigenvalue weighted by atomic mass is 10.1. The first-order valence-corrected chi connectivity index (χ1v) is 8.74. The normalized spacial score (nSPS) is 10.9. The van der Waals surface area contributed by atoms with Crippen molar-refractivity contribution >= 4 is 14.1 Å². The molecular formula is C13H18O2Si. The van der Waals surface area contributed by atoms with Gasteiger partial charge in [-0.15, -0.1) is 0 Å². The zero-order valence-electron chi connectivity index (χ0n) is 10.1. The van der Waals surface area contributed by atoms with Gasteiger partial charge in [0.1, 0.15) is 0 Å². The minimum Gasteiger partial charge on any atom is -0.547 e. The Labute approximate surface area is 98.1 Å². The van der Waals surface area contributed by atoms with E-state index >= 15 is 0 Å². The number of Topliss-reactive ketones (excluding diaryl/α,β-unsaturated/α-hetero) is 1. The molecule has 0 heterocycles. The fraction of sp³-hybridized carbons (Fsp3) is 0.308. The lowest BCUT2D eigenvalue weighted by Crippen LogP contribution is -2.25. The van der Waals surface area contributed by atoms with E-state index in [9.17, 15) is 4.79 Å². The second-order valence-electron chi connectivity index (χ2n) is 4.72. The van der Waals surface area contributed by atoms with Gasteiger partial charge in [0, 0.05) is 5.56 Å². The van der Waals surface area contributed by atoms with Gasteiger partial charge in [0.2, 0.25) is 8.32 Å². The third-order valence-corrected chi connectivity index (χ3v) is 2.81. The fourth-order valence-electron chi connectivity index (χ4n) is 1.37. The van der Waals surface area contributed by atoms with E-state index in [1.54, 1.807) is 0 Å². The largest absolute Gasteiger partial charge is 0.547 e. The van der Waals surface area contributed by atoms with E-state index in [2.05, 4.69) is 26.2 Å². The van der Waals surface area contributed by atoms with Crippen LogP contribution in [0.2, 0.25) is 19.6 Å². The van der Waals surface area contributed by atoms with Crippen LogP contribution in [0.15, 0.2) is 42.7 Å². The molecule has 0 saturated carbocycles. The van der Waals surface area contributed by atoms with Crippen LogP contribution in [-0.4, -0.2) is 14.1 Å². The van der Waals surface area contributed by atoms with Gasteiger partial charge in [0.25, 0.3) is 0 Å². The van der Waals surface area contributed by atoms with Crippen molar-refractivity contribution in [2.45, 2.75) is 26.1 Å². The minimum absolute atomic E-state index is 0.0591. The molecule has 3 heteroatoms. The highest BCUT2D eigenvalue weighted by molar-refractivity contribution is 6.70. The Hall–Kier alpha value is -1.35. The average Bonchev–Trinajstić information content (AvgIpc) is 2.16. The number of carbonyl (C=O) groups is 1. The van der Waals surface area contributed by atoms with Crippen molar-refractivity contribution in [1.29, 1.82) is 0 Å². The molecule has 0 bridgehead atoms. The van der Waals surface area contributed by atoms with Gasteiger partial charge < -0.3 is 4.43 Å². The molecule has 0 atom stereocenters. The summed E-state index contributed by atoms with van der Waals surface area (Å²) < 4.78 is 5.65. The van der Waals surface area contributed by atoms with Gasteiger partial charge in [-0.1, -0.05) is 36.9 Å². The topological polar surface area (TPSA) is 26.3 Å². The van der Waals surface area contributed by atoms with Gasteiger partial charge >= 0.3 is 0 Å². The Bertz CT molecular complexity index is 377. The van der Waals surface area contributed by atoms with Crippen LogP contribution in [0.1, 0.15) is 16.8 Å². The van der Waals surface area contributed by atoms with Crippen molar-refractivity contribution in [1.82, 2.24) is 0 Å². The molecule has 0 spiro atoms. The van der Waals surface area contributed by atoms with E-state index in [-0.39, 0.29) is 12.2 Å². The maximum absolute atomic E-state index is 11.8. The van der Waals surface area contributed by atoms with Crippen molar-refractivity contribution in [2.24, 2.45) is 0 Å². The van der Waals surface area contributed by atoms with Gasteiger partial charge in [-0.2, -0.15) is 0 Å². The summed E-state index contributed by atoms with van der Waals surface area (Å²) >= 11 is 0. The highest BCUT2D eigenvalue weighted by atomic mass is 28.4. The lowest BCUT2D eigenvalue weighted by molar-refractivity contribution is 0.0982. The summed E-state index contributed by atoms with van der Waals surface area (Å²) in [7, 11) is -1.64. The molecule has 0 fully saturated rings. The molecule has 1 aromatic rings. The molecule has 0 aliphatic rings. The Morgan fingerprint density at radius 3 is 2.31 bits per heavy atom. The molecular weight excluding hydrogens is 216 g/mol. The SMILES string of the molecule is C=C(CC(=O)c1ccccc1)O[Si](C)(C)C. The molecule has 0 N–H and O–H groups in total. The summed E-state index contributed by atoms with van der Waals surface area (Å²) in [6.07, 6.45) is 0.272. The number of rotatable bonds is 5. The minimum atomic E-state index is -1.64. The monoisotopic (exact) mass is 234 g/mol. The first kappa shape index (κ1) is 12.7. The summed E-state index contributed by atoms with van der Waals surface area (Å²) in [5.41, 5.74) is 0.711. The lowest BCUT2D eigenvalue weighted by Gasteiger charge is -2.20. The van der Waals surface area contributed by atoms with E-state index in [1.165, 1.54) is 0 Å². The Morgan fingerprint density at radius 1 is 1.25 bits per heavy atom. The molecule has 0 aliphatic carbocycles. The van der Waals surface area contributed by atoms with Gasteiger partial charge in [-0.3, -0.25) is 4.79 Å². The molecule has 2 nitrogen and oxygen atoms in total. The van der Waals surface area contributed by atoms with Crippen molar-refractivity contribution < 1.29 is 9.22 Å². The molecule has 0 aliphatic heterocycles. The van der Waals surface area contributed by atoms with Crippen molar-refractivity contribution in [3.63, 3.8) is 0 Å². The molecule has 16 heavy (non-hydrogen) atoms. The molecule has 0 unspecified atom stereocenters. The van der Waals surface area contributed by atoms with E-state index in [4.69, 9.17) is 4.43 Å². The van der Waals surface area contributed by atoms with Crippen LogP contribution < -0.4 is 0 Å². The number of carbonyl (C=O) groups excluding carboxylic acids is 1. The van der Waals surface area contributed by atoms with Gasteiger partial charge in [-0.05, 0) is 19.6 Å². The van der Waals surface area contributed by atoms with Crippen molar-refractivity contribution in [2.75, 3.05) is 0 Å². The van der Waals surface area contributed by atoms with Gasteiger partial charge in [0.15, 0.2) is 5.78 Å². The zero-order valence-corrected chi connectivity index (χ0v) is 11.1. The van der Waals surface area contributed by atoms with Crippen molar-refractivity contribution in [3.8, 4) is 0 Å². The summed E-state index contributed by atoms with van der Waals surface area (Å²) in [5.74, 6) is 0.636. The molecule has 0 aromatic heterocycles. The Balaban J connectivity index is 2.56. The highest BCUT2D eigenvalue weighted by Crippen LogP contribution is 2.14. The molecule has 0 saturated heterocycles. The van der Waals surface area contributed by atoms with Crippen LogP contribution in [0, 0.1) is 0 Å². The Morgan fingerprint density at radius 2 is 1.81 bits per heavy atom. The first-order valence-electron chi connectivity index (χ1n) is 5.33. The predicted molar refractivity (Wildman–Crippen MR) is 69.0 cm³/mol. The second-order valence-corrected chi connectivity index (χ2v) is 9.15. The second kappa shape index (κ2) is 5.12. The fourth-order valence-corrected chi connectivity index (χ4v) is 2.31. The number of allylic oxidation sites excluding steroid dienone is 1. The molecule has 1 rings (SSSR count). The average molecular weight is 234 g/mol. The number of benzene rings is 1. The molecule has 86 valence electrons. The number of ketones is 1. The maximum Gasteiger partial charge on any atom is 0.241 e. The van der Waals surface area contributed by atoms with E-state index in [1.807, 2.05) is 30.3 Å². The third kappa shape index (κ3) is 4.44. The van der Waals surface area contributed by atoms with Gasteiger partial charge in [0.05, 0.1) is 12.2 Å². The first-order chi connectivity index (χ1) is 7.38. The highest BCUT2D eigenvalue weighted by Gasteiger charge is 2.18. The summed E-state index contributed by atoms with van der Waals surface area (Å²) in [6.45, 7) is 10.0. The molecule has 0 amide bonds. The smallest absolute Gasteiger partial charge is 0.241 e. The molecule has 1 aromatic carbocycles. The predicted octanol–water partition coefficient (Wildman–Crippen LogP) is 3.62. The van der Waals surface area contributed by atoms with E-state index in [0.29, 0.717) is 11.3 Å². The van der Waals surface area contributed by atoms with Crippen LogP contribution >= 0.6 is 0 Å². The zero-order chi connectivity index (χ0) is 12.2. The van der Waals surface area contributed by atoms with Crippen LogP contribution in [0.4, 0.5) is 0 Å². The summed E-state index contributed by atoms with van der Waals surface area (Å²) in [6, 6.07) is 9.23. The van der Waals surface area contributed by atoms with Crippen LogP contribution in [0.3, 0.4) is 0 Å². The standard InChI is InChI=1S/C13H18O2Si/c1-11(15-16(2,3)4)10-13(14)12-8-6-5-7-9-12/h5-9H,1,10H2,2-4H3. The third-order valence-electron chi connectivity index (χ3n) is 1.90. The quantitative estimate of drug-likeness (QED) is 0.442. The molecule has 0 radical (unpaired) electrons. The van der Waals surface area contributed by atoms with E-state index in [0.717, 1.165) is 0 Å². The maximum atomic E-state index is 11.8. The van der Waals surface area contributed by atoms with Crippen LogP contribution in [0.5, 0.6) is 0 Å². The summed E-state index contributed by atoms with van der Waals surface area (Å²) in [4.78, 5) is 11.8. The summed E-state index contributed by atoms with van der Waals surface area (Å²) in [5, 5.41) is 0. The van der Waals surface area contributed by atoms with Crippen LogP contribution in [-0.2, 0) is 4.43 Å². The van der Waals surface area contributed by atoms with Gasteiger partial charge in [-0.25, -0.2) is 0 Å². The number of hydrogen-bond acceptors (Lipinski definition) is 2. The van der Waals surface area contributed by atoms with Crippen molar-refractivity contribution in [3.05, 3.63) is 48.2 Å². The van der Waals surface area contributed by atoms with Crippen LogP contribution in [0.25, 0.3) is 0 Å². The number of hydrogen-bond donors (Lipinski definition) is 0.